The van der Waals surface area contributed by atoms with E-state index < -0.39 is 16.5 Å². The van der Waals surface area contributed by atoms with Crippen LogP contribution in [0, 0.1) is 10.4 Å². The summed E-state index contributed by atoms with van der Waals surface area (Å²) in [4.78, 5) is 0. The van der Waals surface area contributed by atoms with Crippen molar-refractivity contribution in [2.75, 3.05) is 0 Å². The number of hydrogen-bond donors (Lipinski definition) is 0. The number of nitrogens with zero attached hydrogens (tertiary/aromatic N) is 2. The van der Waals surface area contributed by atoms with E-state index in [0.717, 1.165) is 0 Å². The molecular formula is C5H8Cl2N2O2Pt-2. The molecule has 0 saturated heterocycles. The van der Waals surface area contributed by atoms with E-state index in [-0.39, 0.29) is 6.42 Å². The molecule has 0 radical (unpaired) electrons. The number of rotatable bonds is 2. The molecule has 0 aromatic heterocycles. The first-order valence-electron chi connectivity index (χ1n) is 2.76. The van der Waals surface area contributed by atoms with Gasteiger partial charge in [0.05, 0.1) is 0 Å². The van der Waals surface area contributed by atoms with E-state index in [0.29, 0.717) is 11.4 Å². The van der Waals surface area contributed by atoms with Gasteiger partial charge >= 0.3 is 35.3 Å². The second kappa shape index (κ2) is 11.2. The fourth-order valence-corrected chi connectivity index (χ4v) is 0.435. The monoisotopic (exact) mass is 393 g/mol. The van der Waals surface area contributed by atoms with E-state index >= 15 is 0 Å². The Balaban J connectivity index is 0. The molecule has 0 aliphatic heterocycles. The summed E-state index contributed by atoms with van der Waals surface area (Å²) >= 11 is -0.472. The van der Waals surface area contributed by atoms with Crippen molar-refractivity contribution in [1.82, 2.24) is 0 Å². The first-order chi connectivity index (χ1) is 5.62. The molecule has 0 aliphatic rings. The molecule has 0 unspecified atom stereocenters. The fraction of sp³-hybridized carbons (Fsp3) is 0.600. The standard InChI is InChI=1S/C5H10N2O2.2ClH.Pt/c1-4(6-8)3-5(2)7-9;;;/h8-9H,3H2,1-2H3;2*1H;/q;;;+2/p-4. The number of hydrogen-bond acceptors (Lipinski definition) is 4. The Bertz CT molecular complexity index is 148. The number of halogens is 2. The Hall–Kier alpha value is 0.208. The summed E-state index contributed by atoms with van der Waals surface area (Å²) in [5.74, 6) is 0. The first kappa shape index (κ1) is 14.7. The van der Waals surface area contributed by atoms with Gasteiger partial charge in [-0.05, 0) is 13.8 Å². The molecular weight excluding hydrogens is 386 g/mol. The van der Waals surface area contributed by atoms with E-state index in [1.165, 1.54) is 0 Å². The first-order valence-corrected chi connectivity index (χ1v) is 8.39. The van der Waals surface area contributed by atoms with Gasteiger partial charge in [-0.15, -0.1) is 0 Å². The van der Waals surface area contributed by atoms with Crippen LogP contribution in [0.4, 0.5) is 0 Å². The predicted molar refractivity (Wildman–Crippen MR) is 49.3 cm³/mol. The van der Waals surface area contributed by atoms with Crippen LogP contribution in [-0.4, -0.2) is 11.4 Å². The van der Waals surface area contributed by atoms with Gasteiger partial charge in [0.1, 0.15) is 0 Å². The van der Waals surface area contributed by atoms with E-state index in [4.69, 9.17) is 18.8 Å². The van der Waals surface area contributed by atoms with Gasteiger partial charge in [0, 0.05) is 17.8 Å². The van der Waals surface area contributed by atoms with Crippen LogP contribution in [0.2, 0.25) is 0 Å². The van der Waals surface area contributed by atoms with Gasteiger partial charge < -0.3 is 20.7 Å². The van der Waals surface area contributed by atoms with Gasteiger partial charge in [-0.2, -0.15) is 0 Å². The van der Waals surface area contributed by atoms with E-state index in [1.807, 2.05) is 0 Å². The Morgan fingerprint density at radius 3 is 1.58 bits per heavy atom. The SMILES string of the molecule is CC(CC(C)=N[O-])=N[O-].[Cl][Pt][Cl]. The molecule has 0 aliphatic carbocycles. The molecule has 0 N–H and O–H groups in total. The van der Waals surface area contributed by atoms with Crippen molar-refractivity contribution in [2.45, 2.75) is 20.3 Å². The zero-order valence-electron chi connectivity index (χ0n) is 6.49. The molecule has 0 aromatic carbocycles. The zero-order chi connectivity index (χ0) is 9.98. The molecule has 0 atom stereocenters. The fourth-order valence-electron chi connectivity index (χ4n) is 0.435. The van der Waals surface area contributed by atoms with Gasteiger partial charge in [-0.3, -0.25) is 0 Å². The molecule has 0 aromatic rings. The summed E-state index contributed by atoms with van der Waals surface area (Å²) < 4.78 is 0. The molecule has 0 rings (SSSR count). The van der Waals surface area contributed by atoms with Crippen LogP contribution in [0.25, 0.3) is 0 Å². The summed E-state index contributed by atoms with van der Waals surface area (Å²) in [6, 6.07) is 0. The van der Waals surface area contributed by atoms with Crippen molar-refractivity contribution in [3.63, 3.8) is 0 Å². The van der Waals surface area contributed by atoms with Crippen molar-refractivity contribution < 1.29 is 16.5 Å². The molecule has 7 heteroatoms. The summed E-state index contributed by atoms with van der Waals surface area (Å²) in [7, 11) is 9.75. The Kier molecular flexibility index (Phi) is 13.7. The molecule has 0 amide bonds. The van der Waals surface area contributed by atoms with E-state index in [1.54, 1.807) is 13.8 Å². The van der Waals surface area contributed by atoms with Crippen LogP contribution >= 0.6 is 18.8 Å². The van der Waals surface area contributed by atoms with Gasteiger partial charge in [0.25, 0.3) is 0 Å². The summed E-state index contributed by atoms with van der Waals surface area (Å²) in [6.45, 7) is 3.11. The molecule has 4 nitrogen and oxygen atoms in total. The zero-order valence-corrected chi connectivity index (χ0v) is 10.3. The molecule has 12 heavy (non-hydrogen) atoms. The van der Waals surface area contributed by atoms with Crippen molar-refractivity contribution in [2.24, 2.45) is 10.3 Å². The molecule has 0 bridgehead atoms. The van der Waals surface area contributed by atoms with Gasteiger partial charge in [-0.1, -0.05) is 0 Å². The third-order valence-electron chi connectivity index (χ3n) is 0.823. The van der Waals surface area contributed by atoms with Gasteiger partial charge in [-0.25, -0.2) is 0 Å². The summed E-state index contributed by atoms with van der Waals surface area (Å²) in [5, 5.41) is 24.7. The van der Waals surface area contributed by atoms with Crippen molar-refractivity contribution in [1.29, 1.82) is 0 Å². The van der Waals surface area contributed by atoms with Gasteiger partial charge in [0.2, 0.25) is 0 Å². The van der Waals surface area contributed by atoms with E-state index in [2.05, 4.69) is 10.3 Å². The van der Waals surface area contributed by atoms with Crippen LogP contribution in [0.3, 0.4) is 0 Å². The van der Waals surface area contributed by atoms with Crippen molar-refractivity contribution in [3.05, 3.63) is 10.4 Å². The topological polar surface area (TPSA) is 70.8 Å². The van der Waals surface area contributed by atoms with Crippen LogP contribution in [0.15, 0.2) is 10.3 Å². The van der Waals surface area contributed by atoms with Gasteiger partial charge in [0.15, 0.2) is 0 Å². The maximum atomic E-state index is 9.71. The minimum absolute atomic E-state index is 0.285. The molecule has 0 fully saturated rings. The molecule has 0 saturated carbocycles. The Labute approximate surface area is 87.6 Å². The molecule has 0 spiro atoms. The Morgan fingerprint density at radius 1 is 1.17 bits per heavy atom. The minimum atomic E-state index is -0.472. The van der Waals surface area contributed by atoms with Crippen LogP contribution in [0.5, 0.6) is 0 Å². The molecule has 0 heterocycles. The summed E-state index contributed by atoms with van der Waals surface area (Å²) in [5.41, 5.74) is 0.763. The van der Waals surface area contributed by atoms with Crippen molar-refractivity contribution >= 4 is 30.3 Å². The second-order valence-corrected chi connectivity index (χ2v) is 5.16. The predicted octanol–water partition coefficient (Wildman–Crippen LogP) is 2.67. The van der Waals surface area contributed by atoms with Crippen LogP contribution in [0.1, 0.15) is 20.3 Å². The van der Waals surface area contributed by atoms with Crippen LogP contribution < -0.4 is 0 Å². The summed E-state index contributed by atoms with van der Waals surface area (Å²) in [6.07, 6.45) is 0.285. The second-order valence-electron chi connectivity index (χ2n) is 1.88. The molecule has 76 valence electrons. The third-order valence-corrected chi connectivity index (χ3v) is 0.823. The quantitative estimate of drug-likeness (QED) is 0.534. The normalized spacial score (nSPS) is 12.3. The van der Waals surface area contributed by atoms with Crippen LogP contribution in [-0.2, 0) is 16.5 Å². The average molecular weight is 394 g/mol. The Morgan fingerprint density at radius 2 is 1.42 bits per heavy atom. The average Bonchev–Trinajstić information content (AvgIpc) is 2.05. The van der Waals surface area contributed by atoms with Crippen molar-refractivity contribution in [3.8, 4) is 0 Å². The maximum absolute atomic E-state index is 9.71. The van der Waals surface area contributed by atoms with E-state index in [9.17, 15) is 10.4 Å². The third kappa shape index (κ3) is 12.8.